The lowest BCUT2D eigenvalue weighted by atomic mass is 10.1. The van der Waals surface area contributed by atoms with Crippen LogP contribution < -0.4 is 0 Å². The van der Waals surface area contributed by atoms with Crippen molar-refractivity contribution >= 4 is 18.1 Å². The van der Waals surface area contributed by atoms with Crippen molar-refractivity contribution in [2.45, 2.75) is 6.92 Å². The summed E-state index contributed by atoms with van der Waals surface area (Å²) in [6.45, 7) is 4.97. The van der Waals surface area contributed by atoms with Gasteiger partial charge in [-0.05, 0) is 19.7 Å². The lowest BCUT2D eigenvalue weighted by Crippen LogP contribution is -1.90. The van der Waals surface area contributed by atoms with Crippen LogP contribution in [0.25, 0.3) is 0 Å². The SMILES string of the molecule is C=Nc1cccc([N+](=O)[O-])c1C. The molecule has 1 aromatic carbocycles. The monoisotopic (exact) mass is 164 g/mol. The summed E-state index contributed by atoms with van der Waals surface area (Å²) >= 11 is 0. The van der Waals surface area contributed by atoms with Crippen LogP contribution >= 0.6 is 0 Å². The molecule has 0 radical (unpaired) electrons. The van der Waals surface area contributed by atoms with Crippen LogP contribution in [0.4, 0.5) is 11.4 Å². The maximum atomic E-state index is 10.4. The average molecular weight is 164 g/mol. The minimum Gasteiger partial charge on any atom is -0.264 e. The van der Waals surface area contributed by atoms with Crippen molar-refractivity contribution in [2.24, 2.45) is 4.99 Å². The fraction of sp³-hybridized carbons (Fsp3) is 0.125. The van der Waals surface area contributed by atoms with Crippen LogP contribution in [0.15, 0.2) is 23.2 Å². The second-order valence-electron chi connectivity index (χ2n) is 2.34. The topological polar surface area (TPSA) is 55.5 Å². The largest absolute Gasteiger partial charge is 0.274 e. The third-order valence-electron chi connectivity index (χ3n) is 1.64. The lowest BCUT2D eigenvalue weighted by molar-refractivity contribution is -0.385. The van der Waals surface area contributed by atoms with Gasteiger partial charge in [0.05, 0.1) is 16.2 Å². The summed E-state index contributed by atoms with van der Waals surface area (Å²) in [5.41, 5.74) is 1.20. The Morgan fingerprint density at radius 2 is 2.25 bits per heavy atom. The highest BCUT2D eigenvalue weighted by Crippen LogP contribution is 2.26. The Bertz CT molecular complexity index is 334. The molecule has 0 aliphatic rings. The minimum atomic E-state index is -0.427. The molecular weight excluding hydrogens is 156 g/mol. The van der Waals surface area contributed by atoms with E-state index < -0.39 is 4.92 Å². The first-order valence-corrected chi connectivity index (χ1v) is 3.37. The van der Waals surface area contributed by atoms with Crippen LogP contribution in [-0.4, -0.2) is 11.6 Å². The van der Waals surface area contributed by atoms with Gasteiger partial charge in [0, 0.05) is 6.07 Å². The van der Waals surface area contributed by atoms with Crippen molar-refractivity contribution in [1.82, 2.24) is 0 Å². The molecule has 0 unspecified atom stereocenters. The van der Waals surface area contributed by atoms with Crippen LogP contribution in [0.5, 0.6) is 0 Å². The third-order valence-corrected chi connectivity index (χ3v) is 1.64. The molecule has 4 nitrogen and oxygen atoms in total. The third kappa shape index (κ3) is 1.32. The van der Waals surface area contributed by atoms with E-state index in [0.29, 0.717) is 11.3 Å². The molecule has 0 saturated carbocycles. The van der Waals surface area contributed by atoms with Crippen molar-refractivity contribution in [2.75, 3.05) is 0 Å². The predicted molar refractivity (Wildman–Crippen MR) is 47.0 cm³/mol. The molecule has 0 aromatic heterocycles. The van der Waals surface area contributed by atoms with E-state index in [2.05, 4.69) is 11.7 Å². The number of rotatable bonds is 2. The fourth-order valence-electron chi connectivity index (χ4n) is 0.981. The minimum absolute atomic E-state index is 0.0832. The molecule has 4 heteroatoms. The molecule has 0 heterocycles. The Balaban J connectivity index is 3.32. The van der Waals surface area contributed by atoms with E-state index in [1.54, 1.807) is 19.1 Å². The number of aliphatic imine (C=N–C) groups is 1. The van der Waals surface area contributed by atoms with Gasteiger partial charge in [-0.25, -0.2) is 0 Å². The average Bonchev–Trinajstić information content (AvgIpc) is 2.04. The molecule has 1 rings (SSSR count). The molecule has 0 aliphatic heterocycles. The van der Waals surface area contributed by atoms with Gasteiger partial charge in [-0.1, -0.05) is 6.07 Å². The van der Waals surface area contributed by atoms with Gasteiger partial charge in [0.2, 0.25) is 0 Å². The van der Waals surface area contributed by atoms with E-state index in [-0.39, 0.29) is 5.69 Å². The quantitative estimate of drug-likeness (QED) is 0.382. The summed E-state index contributed by atoms with van der Waals surface area (Å²) in [6, 6.07) is 4.73. The van der Waals surface area contributed by atoms with Gasteiger partial charge in [-0.15, -0.1) is 0 Å². The zero-order chi connectivity index (χ0) is 9.14. The van der Waals surface area contributed by atoms with E-state index >= 15 is 0 Å². The van der Waals surface area contributed by atoms with Gasteiger partial charge in [0.15, 0.2) is 0 Å². The highest BCUT2D eigenvalue weighted by Gasteiger charge is 2.11. The lowest BCUT2D eigenvalue weighted by Gasteiger charge is -1.98. The van der Waals surface area contributed by atoms with Gasteiger partial charge in [-0.3, -0.25) is 15.1 Å². The van der Waals surface area contributed by atoms with Gasteiger partial charge in [0.1, 0.15) is 0 Å². The Kier molecular flexibility index (Phi) is 2.19. The first-order chi connectivity index (χ1) is 5.66. The summed E-state index contributed by atoms with van der Waals surface area (Å²) < 4.78 is 0. The molecule has 0 spiro atoms. The second kappa shape index (κ2) is 3.13. The molecule has 0 aliphatic carbocycles. The van der Waals surface area contributed by atoms with Gasteiger partial charge < -0.3 is 0 Å². The summed E-state index contributed by atoms with van der Waals surface area (Å²) in [6.07, 6.45) is 0. The normalized spacial score (nSPS) is 9.42. The van der Waals surface area contributed by atoms with Crippen LogP contribution in [0.3, 0.4) is 0 Å². The Labute approximate surface area is 69.7 Å². The standard InChI is InChI=1S/C8H8N2O2/c1-6-7(9-2)4-3-5-8(6)10(11)12/h3-5H,2H2,1H3. The molecule has 0 bridgehead atoms. The Hall–Kier alpha value is -1.71. The van der Waals surface area contributed by atoms with Crippen LogP contribution in [0.2, 0.25) is 0 Å². The first kappa shape index (κ1) is 8.39. The predicted octanol–water partition coefficient (Wildman–Crippen LogP) is 2.24. The summed E-state index contributed by atoms with van der Waals surface area (Å²) in [7, 11) is 0. The molecule has 0 atom stereocenters. The van der Waals surface area contributed by atoms with E-state index in [1.807, 2.05) is 0 Å². The fourth-order valence-corrected chi connectivity index (χ4v) is 0.981. The molecular formula is C8H8N2O2. The summed E-state index contributed by atoms with van der Waals surface area (Å²) in [5.74, 6) is 0. The molecule has 0 amide bonds. The number of benzene rings is 1. The summed E-state index contributed by atoms with van der Waals surface area (Å²) in [4.78, 5) is 13.7. The zero-order valence-electron chi connectivity index (χ0n) is 6.65. The molecule has 0 saturated heterocycles. The van der Waals surface area contributed by atoms with Gasteiger partial charge >= 0.3 is 0 Å². The smallest absolute Gasteiger partial charge is 0.264 e. The van der Waals surface area contributed by atoms with Gasteiger partial charge in [0.25, 0.3) is 5.69 Å². The van der Waals surface area contributed by atoms with Crippen LogP contribution in [-0.2, 0) is 0 Å². The molecule has 1 aromatic rings. The van der Waals surface area contributed by atoms with Crippen molar-refractivity contribution in [3.05, 3.63) is 33.9 Å². The van der Waals surface area contributed by atoms with Crippen molar-refractivity contribution in [1.29, 1.82) is 0 Å². The highest BCUT2D eigenvalue weighted by atomic mass is 16.6. The molecule has 0 fully saturated rings. The van der Waals surface area contributed by atoms with E-state index in [4.69, 9.17) is 0 Å². The number of hydrogen-bond acceptors (Lipinski definition) is 3. The maximum absolute atomic E-state index is 10.4. The van der Waals surface area contributed by atoms with Crippen molar-refractivity contribution in [3.63, 3.8) is 0 Å². The number of nitro groups is 1. The van der Waals surface area contributed by atoms with E-state index in [9.17, 15) is 10.1 Å². The van der Waals surface area contributed by atoms with Crippen molar-refractivity contribution < 1.29 is 4.92 Å². The van der Waals surface area contributed by atoms with Crippen LogP contribution in [0.1, 0.15) is 5.56 Å². The number of nitro benzene ring substituents is 1. The Morgan fingerprint density at radius 1 is 1.58 bits per heavy atom. The number of hydrogen-bond donors (Lipinski definition) is 0. The van der Waals surface area contributed by atoms with Crippen LogP contribution in [0, 0.1) is 17.0 Å². The zero-order valence-corrected chi connectivity index (χ0v) is 6.65. The highest BCUT2D eigenvalue weighted by molar-refractivity contribution is 5.58. The van der Waals surface area contributed by atoms with E-state index in [0.717, 1.165) is 0 Å². The first-order valence-electron chi connectivity index (χ1n) is 3.37. The number of nitrogens with zero attached hydrogens (tertiary/aromatic N) is 2. The second-order valence-corrected chi connectivity index (χ2v) is 2.34. The Morgan fingerprint density at radius 3 is 2.75 bits per heavy atom. The summed E-state index contributed by atoms with van der Waals surface area (Å²) in [5, 5.41) is 10.4. The molecule has 12 heavy (non-hydrogen) atoms. The molecule has 0 N–H and O–H groups in total. The maximum Gasteiger partial charge on any atom is 0.274 e. The molecule has 62 valence electrons. The van der Waals surface area contributed by atoms with E-state index in [1.165, 1.54) is 6.07 Å². The van der Waals surface area contributed by atoms with Crippen molar-refractivity contribution in [3.8, 4) is 0 Å². The van der Waals surface area contributed by atoms with Gasteiger partial charge in [-0.2, -0.15) is 0 Å².